The first-order chi connectivity index (χ1) is 18.0. The molecule has 0 aliphatic carbocycles. The fourth-order valence-corrected chi connectivity index (χ4v) is 3.44. The maximum absolute atomic E-state index is 12.9. The van der Waals surface area contributed by atoms with E-state index in [2.05, 4.69) is 20.5 Å². The molecule has 38 heavy (non-hydrogen) atoms. The molecular formula is C30H34N4O4. The number of aliphatic hydroxyl groups is 1. The van der Waals surface area contributed by atoms with E-state index < -0.39 is 17.4 Å². The molecule has 0 aliphatic rings. The van der Waals surface area contributed by atoms with E-state index in [0.717, 1.165) is 11.3 Å². The largest absolute Gasteiger partial charge is 0.426 e. The summed E-state index contributed by atoms with van der Waals surface area (Å²) in [5.41, 5.74) is 2.02. The van der Waals surface area contributed by atoms with Gasteiger partial charge in [-0.25, -0.2) is 0 Å². The molecule has 0 bridgehead atoms. The van der Waals surface area contributed by atoms with Crippen LogP contribution >= 0.6 is 0 Å². The highest BCUT2D eigenvalue weighted by atomic mass is 16.5. The average Bonchev–Trinajstić information content (AvgIpc) is 2.91. The Labute approximate surface area is 223 Å². The molecule has 0 unspecified atom stereocenters. The number of azo groups is 2. The molecule has 0 radical (unpaired) electrons. The number of esters is 1. The van der Waals surface area contributed by atoms with Gasteiger partial charge in [-0.1, -0.05) is 32.0 Å². The first-order valence-corrected chi connectivity index (χ1v) is 12.5. The van der Waals surface area contributed by atoms with Crippen molar-refractivity contribution in [3.05, 3.63) is 78.4 Å². The summed E-state index contributed by atoms with van der Waals surface area (Å²) >= 11 is 0. The summed E-state index contributed by atoms with van der Waals surface area (Å²) in [5.74, 6) is -0.181. The Balaban J connectivity index is 1.59. The lowest BCUT2D eigenvalue weighted by atomic mass is 9.77. The molecule has 0 saturated carbocycles. The zero-order valence-corrected chi connectivity index (χ0v) is 22.5. The van der Waals surface area contributed by atoms with Crippen molar-refractivity contribution in [3.63, 3.8) is 0 Å². The number of aryl methyl sites for hydroxylation is 1. The molecule has 0 spiro atoms. The summed E-state index contributed by atoms with van der Waals surface area (Å²) in [5, 5.41) is 26.1. The van der Waals surface area contributed by atoms with Gasteiger partial charge in [-0.2, -0.15) is 20.5 Å². The Morgan fingerprint density at radius 2 is 1.18 bits per heavy atom. The minimum atomic E-state index is -0.801. The van der Waals surface area contributed by atoms with Gasteiger partial charge in [0.2, 0.25) is 0 Å². The zero-order valence-electron chi connectivity index (χ0n) is 22.5. The average molecular weight is 515 g/mol. The number of carbonyl (C=O) groups excluding carboxylic acids is 2. The van der Waals surface area contributed by atoms with Gasteiger partial charge < -0.3 is 9.84 Å². The monoisotopic (exact) mass is 514 g/mol. The van der Waals surface area contributed by atoms with Crippen LogP contribution in [-0.2, 0) is 9.59 Å². The summed E-state index contributed by atoms with van der Waals surface area (Å²) in [4.78, 5) is 24.8. The second kappa shape index (κ2) is 12.5. The summed E-state index contributed by atoms with van der Waals surface area (Å²) in [6.07, 6.45) is 0.909. The van der Waals surface area contributed by atoms with E-state index in [1.54, 1.807) is 45.9 Å². The van der Waals surface area contributed by atoms with Crippen LogP contribution in [0, 0.1) is 17.8 Å². The number of ketones is 1. The van der Waals surface area contributed by atoms with Crippen molar-refractivity contribution in [2.75, 3.05) is 6.61 Å². The molecular weight excluding hydrogens is 480 g/mol. The van der Waals surface area contributed by atoms with E-state index in [9.17, 15) is 9.59 Å². The number of carbonyl (C=O) groups is 2. The Morgan fingerprint density at radius 3 is 1.71 bits per heavy atom. The Morgan fingerprint density at radius 1 is 0.711 bits per heavy atom. The number of nitrogens with zero attached hydrogens (tertiary/aromatic N) is 4. The van der Waals surface area contributed by atoms with Crippen LogP contribution in [0.1, 0.15) is 46.1 Å². The minimum absolute atomic E-state index is 0.244. The number of benzene rings is 3. The van der Waals surface area contributed by atoms with E-state index in [-0.39, 0.29) is 11.8 Å². The van der Waals surface area contributed by atoms with Crippen molar-refractivity contribution < 1.29 is 19.4 Å². The predicted molar refractivity (Wildman–Crippen MR) is 147 cm³/mol. The zero-order chi connectivity index (χ0) is 27.8. The van der Waals surface area contributed by atoms with E-state index in [4.69, 9.17) is 9.84 Å². The number of hydrogen-bond donors (Lipinski definition) is 1. The normalized spacial score (nSPS) is 12.3. The number of aliphatic hydroxyl groups excluding tert-OH is 1. The topological polar surface area (TPSA) is 113 Å². The molecule has 0 aromatic heterocycles. The number of Topliss-reactive ketones (excluding diaryl/α,β-unsaturated/α-hetero) is 1. The molecule has 0 aliphatic heterocycles. The Hall–Kier alpha value is -4.04. The number of rotatable bonds is 11. The maximum Gasteiger partial charge on any atom is 0.316 e. The van der Waals surface area contributed by atoms with Gasteiger partial charge in [-0.3, -0.25) is 9.59 Å². The second-order valence-corrected chi connectivity index (χ2v) is 10.4. The van der Waals surface area contributed by atoms with Crippen molar-refractivity contribution >= 4 is 34.5 Å². The lowest BCUT2D eigenvalue weighted by molar-refractivity contribution is -0.145. The molecule has 3 aromatic carbocycles. The highest BCUT2D eigenvalue weighted by molar-refractivity contribution is 5.85. The fourth-order valence-electron chi connectivity index (χ4n) is 3.44. The first kappa shape index (κ1) is 28.5. The summed E-state index contributed by atoms with van der Waals surface area (Å²) in [6.45, 7) is 8.46. The third-order valence-corrected chi connectivity index (χ3v) is 6.35. The lowest BCUT2D eigenvalue weighted by Gasteiger charge is -2.28. The van der Waals surface area contributed by atoms with Gasteiger partial charge in [0.05, 0.1) is 28.2 Å². The van der Waals surface area contributed by atoms with Crippen molar-refractivity contribution in [2.45, 2.75) is 47.5 Å². The molecule has 0 amide bonds. The van der Waals surface area contributed by atoms with E-state index in [0.29, 0.717) is 35.7 Å². The molecule has 1 N–H and O–H groups in total. The van der Waals surface area contributed by atoms with Crippen molar-refractivity contribution in [3.8, 4) is 5.75 Å². The van der Waals surface area contributed by atoms with Gasteiger partial charge in [0.1, 0.15) is 12.4 Å². The van der Waals surface area contributed by atoms with Gasteiger partial charge in [0.15, 0.2) is 5.78 Å². The molecule has 8 nitrogen and oxygen atoms in total. The van der Waals surface area contributed by atoms with Crippen LogP contribution in [0.5, 0.6) is 5.75 Å². The summed E-state index contributed by atoms with van der Waals surface area (Å²) in [7, 11) is 0. The third-order valence-electron chi connectivity index (χ3n) is 6.35. The maximum atomic E-state index is 12.9. The molecule has 3 aromatic rings. The van der Waals surface area contributed by atoms with Gasteiger partial charge in [0.25, 0.3) is 0 Å². The van der Waals surface area contributed by atoms with Crippen LogP contribution < -0.4 is 4.74 Å². The van der Waals surface area contributed by atoms with Crippen molar-refractivity contribution in [1.82, 2.24) is 0 Å². The summed E-state index contributed by atoms with van der Waals surface area (Å²) < 4.78 is 5.68. The minimum Gasteiger partial charge on any atom is -0.426 e. The quantitative estimate of drug-likeness (QED) is 0.158. The highest BCUT2D eigenvalue weighted by Crippen LogP contribution is 2.34. The second-order valence-electron chi connectivity index (χ2n) is 10.4. The van der Waals surface area contributed by atoms with E-state index >= 15 is 0 Å². The molecule has 0 saturated heterocycles. The highest BCUT2D eigenvalue weighted by Gasteiger charge is 2.35. The number of hydrogen-bond acceptors (Lipinski definition) is 8. The van der Waals surface area contributed by atoms with Gasteiger partial charge >= 0.3 is 5.97 Å². The first-order valence-electron chi connectivity index (χ1n) is 12.5. The molecule has 3 rings (SSSR count). The van der Waals surface area contributed by atoms with Gasteiger partial charge in [-0.15, -0.1) is 0 Å². The SMILES string of the molecule is Cc1cc(/N=N/c2ccc(/N=N/c3ccccc3)cc2)ccc1OC(=O)C(C)(C)CCC(C)(C)C(=O)CO. The smallest absolute Gasteiger partial charge is 0.316 e. The Kier molecular flexibility index (Phi) is 9.36. The van der Waals surface area contributed by atoms with Crippen LogP contribution in [-0.4, -0.2) is 23.5 Å². The fraction of sp³-hybridized carbons (Fsp3) is 0.333. The van der Waals surface area contributed by atoms with Gasteiger partial charge in [-0.05, 0) is 93.8 Å². The van der Waals surface area contributed by atoms with Crippen LogP contribution in [0.4, 0.5) is 22.7 Å². The molecule has 0 heterocycles. The van der Waals surface area contributed by atoms with Crippen LogP contribution in [0.25, 0.3) is 0 Å². The van der Waals surface area contributed by atoms with Crippen molar-refractivity contribution in [2.24, 2.45) is 31.3 Å². The molecule has 0 atom stereocenters. The van der Waals surface area contributed by atoms with E-state index in [1.165, 1.54) is 0 Å². The number of ether oxygens (including phenoxy) is 1. The van der Waals surface area contributed by atoms with Crippen LogP contribution in [0.3, 0.4) is 0 Å². The standard InChI is InChI=1S/C30H34N4O4/c1-21-19-25(34-33-24-13-11-23(12-14-24)32-31-22-9-7-6-8-10-22)15-16-26(21)38-28(37)30(4,5)18-17-29(2,3)27(36)20-35/h6-16,19,35H,17-18,20H2,1-5H3/b32-31+,34-33+. The van der Waals surface area contributed by atoms with Crippen molar-refractivity contribution in [1.29, 1.82) is 0 Å². The third kappa shape index (κ3) is 7.98. The van der Waals surface area contributed by atoms with Crippen LogP contribution in [0.2, 0.25) is 0 Å². The molecule has 8 heteroatoms. The predicted octanol–water partition coefficient (Wildman–Crippen LogP) is 8.13. The van der Waals surface area contributed by atoms with Crippen LogP contribution in [0.15, 0.2) is 93.3 Å². The Bertz CT molecular complexity index is 1310. The van der Waals surface area contributed by atoms with Gasteiger partial charge in [0, 0.05) is 5.41 Å². The molecule has 0 fully saturated rings. The lowest BCUT2D eigenvalue weighted by Crippen LogP contribution is -2.33. The van der Waals surface area contributed by atoms with E-state index in [1.807, 2.05) is 61.5 Å². The molecule has 198 valence electrons. The summed E-state index contributed by atoms with van der Waals surface area (Å²) in [6, 6.07) is 22.0.